The smallest absolute Gasteiger partial charge is 0.408 e. The third-order valence-corrected chi connectivity index (χ3v) is 2.90. The van der Waals surface area contributed by atoms with E-state index < -0.39 is 34.7 Å². The lowest BCUT2D eigenvalue weighted by atomic mass is 9.99. The van der Waals surface area contributed by atoms with Crippen LogP contribution in [0.5, 0.6) is 0 Å². The van der Waals surface area contributed by atoms with E-state index in [1.54, 1.807) is 20.8 Å². The van der Waals surface area contributed by atoms with Crippen molar-refractivity contribution in [3.8, 4) is 0 Å². The number of carbonyl (C=O) groups is 2. The van der Waals surface area contributed by atoms with E-state index in [4.69, 9.17) is 4.74 Å². The Morgan fingerprint density at radius 3 is 2.38 bits per heavy atom. The zero-order valence-corrected chi connectivity index (χ0v) is 13.8. The molecule has 2 atom stereocenters. The van der Waals surface area contributed by atoms with Crippen molar-refractivity contribution in [1.82, 2.24) is 5.32 Å². The molecule has 0 fully saturated rings. The summed E-state index contributed by atoms with van der Waals surface area (Å²) in [5.74, 6) is -1.05. The summed E-state index contributed by atoms with van der Waals surface area (Å²) in [6.45, 7) is 4.88. The van der Waals surface area contributed by atoms with Crippen LogP contribution in [-0.4, -0.2) is 40.9 Å². The van der Waals surface area contributed by atoms with Gasteiger partial charge in [0, 0.05) is 6.07 Å². The van der Waals surface area contributed by atoms with E-state index >= 15 is 0 Å². The molecule has 132 valence electrons. The molecular weight excluding hydrogens is 320 g/mol. The molecule has 1 rings (SSSR count). The predicted octanol–water partition coefficient (Wildman–Crippen LogP) is 1.69. The van der Waals surface area contributed by atoms with Crippen LogP contribution in [0.2, 0.25) is 0 Å². The second-order valence-corrected chi connectivity index (χ2v) is 5.91. The van der Waals surface area contributed by atoms with Crippen LogP contribution in [0.25, 0.3) is 0 Å². The molecule has 9 nitrogen and oxygen atoms in total. The van der Waals surface area contributed by atoms with Crippen LogP contribution in [0.15, 0.2) is 24.3 Å². The normalized spacial score (nSPS) is 13.5. The number of aliphatic hydroxyl groups excluding tert-OH is 1. The van der Waals surface area contributed by atoms with Gasteiger partial charge in [-0.15, -0.1) is 0 Å². The zero-order chi connectivity index (χ0) is 18.5. The second-order valence-electron chi connectivity index (χ2n) is 5.91. The fourth-order valence-corrected chi connectivity index (χ4v) is 1.93. The van der Waals surface area contributed by atoms with Crippen molar-refractivity contribution in [2.75, 3.05) is 7.11 Å². The Hall–Kier alpha value is -2.68. The summed E-state index contributed by atoms with van der Waals surface area (Å²) in [7, 11) is 1.05. The summed E-state index contributed by atoms with van der Waals surface area (Å²) >= 11 is 0. The Balaban J connectivity index is 3.23. The lowest BCUT2D eigenvalue weighted by Crippen LogP contribution is -2.43. The SMILES string of the molecule is COC(=O)[C@H](O)[C@H](NC(=O)OC(C)(C)C)c1ccccc1[N+](=O)[O-]. The minimum absolute atomic E-state index is 0.0498. The van der Waals surface area contributed by atoms with Gasteiger partial charge in [0.15, 0.2) is 6.10 Å². The van der Waals surface area contributed by atoms with Crippen LogP contribution in [0.3, 0.4) is 0 Å². The number of hydrogen-bond acceptors (Lipinski definition) is 7. The fraction of sp³-hybridized carbons (Fsp3) is 0.467. The molecule has 2 N–H and O–H groups in total. The number of nitro groups is 1. The molecule has 0 bridgehead atoms. The molecule has 1 aromatic rings. The molecule has 0 aliphatic heterocycles. The molecule has 0 aliphatic carbocycles. The number of benzene rings is 1. The average Bonchev–Trinajstić information content (AvgIpc) is 2.49. The first-order valence-electron chi connectivity index (χ1n) is 7.05. The van der Waals surface area contributed by atoms with Gasteiger partial charge in [-0.1, -0.05) is 12.1 Å². The third kappa shape index (κ3) is 5.20. The number of nitro benzene ring substituents is 1. The van der Waals surface area contributed by atoms with Gasteiger partial charge >= 0.3 is 12.1 Å². The highest BCUT2D eigenvalue weighted by Crippen LogP contribution is 2.28. The van der Waals surface area contributed by atoms with Gasteiger partial charge in [0.25, 0.3) is 5.69 Å². The van der Waals surface area contributed by atoms with Crippen LogP contribution in [0, 0.1) is 10.1 Å². The number of aliphatic hydroxyl groups is 1. The minimum Gasteiger partial charge on any atom is -0.467 e. The quantitative estimate of drug-likeness (QED) is 0.474. The molecule has 0 saturated heterocycles. The monoisotopic (exact) mass is 340 g/mol. The van der Waals surface area contributed by atoms with Crippen LogP contribution >= 0.6 is 0 Å². The second kappa shape index (κ2) is 7.73. The van der Waals surface area contributed by atoms with E-state index in [1.807, 2.05) is 0 Å². The Kier molecular flexibility index (Phi) is 6.24. The van der Waals surface area contributed by atoms with Crippen molar-refractivity contribution in [2.24, 2.45) is 0 Å². The van der Waals surface area contributed by atoms with Gasteiger partial charge in [-0.2, -0.15) is 0 Å². The molecule has 1 aromatic carbocycles. The molecule has 0 aromatic heterocycles. The maximum Gasteiger partial charge on any atom is 0.408 e. The molecule has 0 saturated carbocycles. The van der Waals surface area contributed by atoms with E-state index in [9.17, 15) is 24.8 Å². The molecular formula is C15H20N2O7. The maximum atomic E-state index is 12.0. The Labute approximate surface area is 138 Å². The van der Waals surface area contributed by atoms with Crippen molar-refractivity contribution in [3.63, 3.8) is 0 Å². The maximum absolute atomic E-state index is 12.0. The van der Waals surface area contributed by atoms with Crippen molar-refractivity contribution < 1.29 is 29.1 Å². The standard InChI is InChI=1S/C15H20N2O7/c1-15(2,3)24-14(20)16-11(12(18)13(19)23-4)9-7-5-6-8-10(9)17(21)22/h5-8,11-12,18H,1-4H3,(H,16,20)/t11-,12-/m1/s1. The molecule has 0 heterocycles. The first-order valence-corrected chi connectivity index (χ1v) is 7.05. The van der Waals surface area contributed by atoms with Crippen molar-refractivity contribution in [3.05, 3.63) is 39.9 Å². The third-order valence-electron chi connectivity index (χ3n) is 2.90. The van der Waals surface area contributed by atoms with Gasteiger partial charge in [0.05, 0.1) is 17.6 Å². The lowest BCUT2D eigenvalue weighted by Gasteiger charge is -2.25. The Morgan fingerprint density at radius 1 is 1.29 bits per heavy atom. The summed E-state index contributed by atoms with van der Waals surface area (Å²) < 4.78 is 9.52. The van der Waals surface area contributed by atoms with Crippen LogP contribution in [-0.2, 0) is 14.3 Å². The summed E-state index contributed by atoms with van der Waals surface area (Å²) in [6, 6.07) is 4.02. The van der Waals surface area contributed by atoms with Gasteiger partial charge in [-0.05, 0) is 26.8 Å². The number of methoxy groups -OCH3 is 1. The summed E-state index contributed by atoms with van der Waals surface area (Å²) in [4.78, 5) is 34.1. The highest BCUT2D eigenvalue weighted by atomic mass is 16.6. The minimum atomic E-state index is -1.84. The molecule has 0 unspecified atom stereocenters. The predicted molar refractivity (Wildman–Crippen MR) is 83.2 cm³/mol. The van der Waals surface area contributed by atoms with Crippen LogP contribution in [0.4, 0.5) is 10.5 Å². The highest BCUT2D eigenvalue weighted by molar-refractivity contribution is 5.78. The molecule has 0 radical (unpaired) electrons. The molecule has 0 spiro atoms. The number of esters is 1. The van der Waals surface area contributed by atoms with Gasteiger partial charge in [-0.3, -0.25) is 10.1 Å². The number of para-hydroxylation sites is 1. The average molecular weight is 340 g/mol. The van der Waals surface area contributed by atoms with E-state index in [2.05, 4.69) is 10.1 Å². The van der Waals surface area contributed by atoms with Crippen molar-refractivity contribution in [1.29, 1.82) is 0 Å². The van der Waals surface area contributed by atoms with Crippen LogP contribution in [0.1, 0.15) is 32.4 Å². The number of hydrogen-bond donors (Lipinski definition) is 2. The highest BCUT2D eigenvalue weighted by Gasteiger charge is 2.35. The first-order chi connectivity index (χ1) is 11.1. The summed E-state index contributed by atoms with van der Waals surface area (Å²) in [5.41, 5.74) is -1.24. The summed E-state index contributed by atoms with van der Waals surface area (Å²) in [5, 5.41) is 23.6. The largest absolute Gasteiger partial charge is 0.467 e. The fourth-order valence-electron chi connectivity index (χ4n) is 1.93. The molecule has 0 aliphatic rings. The number of rotatable bonds is 5. The van der Waals surface area contributed by atoms with E-state index in [0.717, 1.165) is 7.11 Å². The van der Waals surface area contributed by atoms with Gasteiger partial charge in [0.1, 0.15) is 11.6 Å². The Morgan fingerprint density at radius 2 is 1.88 bits per heavy atom. The first kappa shape index (κ1) is 19.4. The topological polar surface area (TPSA) is 128 Å². The van der Waals surface area contributed by atoms with E-state index in [-0.39, 0.29) is 11.3 Å². The summed E-state index contributed by atoms with van der Waals surface area (Å²) in [6.07, 6.45) is -2.78. The number of carbonyl (C=O) groups excluding carboxylic acids is 2. The van der Waals surface area contributed by atoms with Gasteiger partial charge in [0.2, 0.25) is 0 Å². The van der Waals surface area contributed by atoms with Crippen LogP contribution < -0.4 is 5.32 Å². The molecule has 9 heteroatoms. The lowest BCUT2D eigenvalue weighted by molar-refractivity contribution is -0.385. The number of ether oxygens (including phenoxy) is 2. The zero-order valence-electron chi connectivity index (χ0n) is 13.8. The van der Waals surface area contributed by atoms with E-state index in [1.165, 1.54) is 24.3 Å². The van der Waals surface area contributed by atoms with Crippen molar-refractivity contribution in [2.45, 2.75) is 38.5 Å². The Bertz CT molecular complexity index is 624. The van der Waals surface area contributed by atoms with Crippen molar-refractivity contribution >= 4 is 17.7 Å². The van der Waals surface area contributed by atoms with E-state index in [0.29, 0.717) is 0 Å². The number of alkyl carbamates (subject to hydrolysis) is 1. The molecule has 1 amide bonds. The van der Waals surface area contributed by atoms with Gasteiger partial charge in [-0.25, -0.2) is 9.59 Å². The number of nitrogens with one attached hydrogen (secondary N) is 1. The molecule has 24 heavy (non-hydrogen) atoms. The number of amides is 1. The van der Waals surface area contributed by atoms with Gasteiger partial charge < -0.3 is 19.9 Å². The number of nitrogens with zero attached hydrogens (tertiary/aromatic N) is 1.